The van der Waals surface area contributed by atoms with Gasteiger partial charge in [0.05, 0.1) is 10.6 Å². The topological polar surface area (TPSA) is 69.6 Å². The van der Waals surface area contributed by atoms with Crippen molar-refractivity contribution >= 4 is 34.7 Å². The van der Waals surface area contributed by atoms with Crippen molar-refractivity contribution in [2.24, 2.45) is 0 Å². The Labute approximate surface area is 169 Å². The van der Waals surface area contributed by atoms with Gasteiger partial charge < -0.3 is 4.52 Å². The van der Waals surface area contributed by atoms with E-state index in [0.29, 0.717) is 11.7 Å². The summed E-state index contributed by atoms with van der Waals surface area (Å²) in [6.07, 6.45) is 3.34. The number of rotatable bonds is 7. The first-order valence-corrected chi connectivity index (χ1v) is 10.6. The maximum Gasteiger partial charge on any atom is 0.227 e. The number of benzene rings is 1. The van der Waals surface area contributed by atoms with E-state index in [9.17, 15) is 0 Å². The van der Waals surface area contributed by atoms with E-state index in [0.717, 1.165) is 44.9 Å². The van der Waals surface area contributed by atoms with Crippen molar-refractivity contribution in [3.05, 3.63) is 58.5 Å². The monoisotopic (exact) mass is 417 g/mol. The van der Waals surface area contributed by atoms with Gasteiger partial charge in [-0.05, 0) is 42.5 Å². The molecule has 9 heteroatoms. The van der Waals surface area contributed by atoms with Crippen molar-refractivity contribution in [3.63, 3.8) is 0 Å². The predicted octanol–water partition coefficient (Wildman–Crippen LogP) is 5.07. The fourth-order valence-corrected chi connectivity index (χ4v) is 4.17. The third kappa shape index (κ3) is 4.23. The van der Waals surface area contributed by atoms with Crippen LogP contribution >= 0.6 is 34.7 Å². The SMILES string of the molecule is Cc1ccc(-n2cnnc2SCCCc2nc(-c3cccs3)no2)cc1Cl. The molecular weight excluding hydrogens is 402 g/mol. The van der Waals surface area contributed by atoms with Crippen molar-refractivity contribution < 1.29 is 4.52 Å². The van der Waals surface area contributed by atoms with Crippen LogP contribution in [0.2, 0.25) is 5.02 Å². The molecule has 3 heterocycles. The van der Waals surface area contributed by atoms with E-state index in [2.05, 4.69) is 20.3 Å². The highest BCUT2D eigenvalue weighted by Gasteiger charge is 2.11. The van der Waals surface area contributed by atoms with E-state index in [1.165, 1.54) is 0 Å². The molecule has 3 aromatic heterocycles. The Hall–Kier alpha value is -2.16. The highest BCUT2D eigenvalue weighted by Crippen LogP contribution is 2.25. The number of aromatic nitrogens is 5. The molecule has 0 aliphatic rings. The summed E-state index contributed by atoms with van der Waals surface area (Å²) in [6.45, 7) is 1.98. The van der Waals surface area contributed by atoms with Gasteiger partial charge in [0.15, 0.2) is 5.16 Å². The normalized spacial score (nSPS) is 11.2. The van der Waals surface area contributed by atoms with Crippen LogP contribution in [0.15, 0.2) is 51.7 Å². The fraction of sp³-hybridized carbons (Fsp3) is 0.222. The maximum absolute atomic E-state index is 6.23. The second kappa shape index (κ2) is 8.24. The van der Waals surface area contributed by atoms with Crippen molar-refractivity contribution in [2.75, 3.05) is 5.75 Å². The van der Waals surface area contributed by atoms with Crippen LogP contribution in [0.4, 0.5) is 0 Å². The molecule has 4 aromatic rings. The van der Waals surface area contributed by atoms with Crippen LogP contribution in [0, 0.1) is 6.92 Å². The van der Waals surface area contributed by atoms with Gasteiger partial charge >= 0.3 is 0 Å². The fourth-order valence-electron chi connectivity index (χ4n) is 2.48. The quantitative estimate of drug-likeness (QED) is 0.309. The second-order valence-electron chi connectivity index (χ2n) is 5.86. The molecule has 0 N–H and O–H groups in total. The summed E-state index contributed by atoms with van der Waals surface area (Å²) in [5.41, 5.74) is 2.00. The molecular formula is C18H16ClN5OS2. The molecule has 4 rings (SSSR count). The number of hydrogen-bond donors (Lipinski definition) is 0. The van der Waals surface area contributed by atoms with Crippen LogP contribution in [-0.2, 0) is 6.42 Å². The average molecular weight is 418 g/mol. The summed E-state index contributed by atoms with van der Waals surface area (Å²) in [4.78, 5) is 5.46. The van der Waals surface area contributed by atoms with E-state index >= 15 is 0 Å². The minimum atomic E-state index is 0.656. The third-order valence-corrected chi connectivity index (χ3v) is 6.23. The summed E-state index contributed by atoms with van der Waals surface area (Å²) in [7, 11) is 0. The molecule has 0 saturated heterocycles. The molecule has 1 aromatic carbocycles. The Morgan fingerprint density at radius 1 is 1.30 bits per heavy atom. The first-order chi connectivity index (χ1) is 13.2. The Balaban J connectivity index is 1.34. The lowest BCUT2D eigenvalue weighted by molar-refractivity contribution is 0.378. The Morgan fingerprint density at radius 3 is 3.04 bits per heavy atom. The zero-order chi connectivity index (χ0) is 18.6. The lowest BCUT2D eigenvalue weighted by atomic mass is 10.2. The smallest absolute Gasteiger partial charge is 0.227 e. The number of thioether (sulfide) groups is 1. The third-order valence-electron chi connectivity index (χ3n) is 3.93. The van der Waals surface area contributed by atoms with Gasteiger partial charge in [0.25, 0.3) is 0 Å². The molecule has 0 aliphatic heterocycles. The second-order valence-corrected chi connectivity index (χ2v) is 8.28. The highest BCUT2D eigenvalue weighted by atomic mass is 35.5. The average Bonchev–Trinajstić information content (AvgIpc) is 3.42. The number of halogens is 1. The number of aryl methyl sites for hydroxylation is 2. The number of hydrogen-bond acceptors (Lipinski definition) is 7. The van der Waals surface area contributed by atoms with Gasteiger partial charge in [-0.25, -0.2) is 0 Å². The molecule has 0 radical (unpaired) electrons. The van der Waals surface area contributed by atoms with E-state index in [1.54, 1.807) is 29.4 Å². The van der Waals surface area contributed by atoms with Gasteiger partial charge in [0, 0.05) is 17.2 Å². The summed E-state index contributed by atoms with van der Waals surface area (Å²) < 4.78 is 7.27. The van der Waals surface area contributed by atoms with Crippen LogP contribution in [0.1, 0.15) is 17.9 Å². The van der Waals surface area contributed by atoms with Crippen LogP contribution < -0.4 is 0 Å². The largest absolute Gasteiger partial charge is 0.339 e. The van der Waals surface area contributed by atoms with Crippen LogP contribution in [-0.4, -0.2) is 30.7 Å². The summed E-state index contributed by atoms with van der Waals surface area (Å²) in [6, 6.07) is 9.89. The van der Waals surface area contributed by atoms with Crippen molar-refractivity contribution in [3.8, 4) is 16.4 Å². The van der Waals surface area contributed by atoms with Gasteiger partial charge in [-0.2, -0.15) is 4.98 Å². The summed E-state index contributed by atoms with van der Waals surface area (Å²) >= 11 is 9.47. The zero-order valence-corrected chi connectivity index (χ0v) is 16.9. The van der Waals surface area contributed by atoms with Gasteiger partial charge in [0.1, 0.15) is 6.33 Å². The first kappa shape index (κ1) is 18.2. The zero-order valence-electron chi connectivity index (χ0n) is 14.5. The Morgan fingerprint density at radius 2 is 2.22 bits per heavy atom. The Kier molecular flexibility index (Phi) is 5.56. The van der Waals surface area contributed by atoms with Gasteiger partial charge in [-0.3, -0.25) is 4.57 Å². The van der Waals surface area contributed by atoms with E-state index in [4.69, 9.17) is 16.1 Å². The van der Waals surface area contributed by atoms with E-state index < -0.39 is 0 Å². The lowest BCUT2D eigenvalue weighted by Gasteiger charge is -2.07. The molecule has 0 spiro atoms. The minimum Gasteiger partial charge on any atom is -0.339 e. The summed E-state index contributed by atoms with van der Waals surface area (Å²) in [5.74, 6) is 2.18. The lowest BCUT2D eigenvalue weighted by Crippen LogP contribution is -1.97. The highest BCUT2D eigenvalue weighted by molar-refractivity contribution is 7.99. The van der Waals surface area contributed by atoms with Crippen LogP contribution in [0.3, 0.4) is 0 Å². The molecule has 27 heavy (non-hydrogen) atoms. The van der Waals surface area contributed by atoms with Gasteiger partial charge in [0.2, 0.25) is 11.7 Å². The molecule has 138 valence electrons. The van der Waals surface area contributed by atoms with Gasteiger partial charge in [-0.1, -0.05) is 40.7 Å². The molecule has 0 fully saturated rings. The molecule has 0 aliphatic carbocycles. The molecule has 0 amide bonds. The molecule has 0 saturated carbocycles. The molecule has 0 bridgehead atoms. The number of nitrogens with zero attached hydrogens (tertiary/aromatic N) is 5. The molecule has 0 atom stereocenters. The summed E-state index contributed by atoms with van der Waals surface area (Å²) in [5, 5.41) is 15.8. The van der Waals surface area contributed by atoms with Crippen molar-refractivity contribution in [2.45, 2.75) is 24.9 Å². The maximum atomic E-state index is 6.23. The van der Waals surface area contributed by atoms with Crippen molar-refractivity contribution in [1.82, 2.24) is 24.9 Å². The van der Waals surface area contributed by atoms with Crippen LogP contribution in [0.25, 0.3) is 16.4 Å². The van der Waals surface area contributed by atoms with Crippen molar-refractivity contribution in [1.29, 1.82) is 0 Å². The molecule has 6 nitrogen and oxygen atoms in total. The van der Waals surface area contributed by atoms with Gasteiger partial charge in [-0.15, -0.1) is 21.5 Å². The number of thiophene rings is 1. The Bertz CT molecular complexity index is 1030. The van der Waals surface area contributed by atoms with Crippen LogP contribution in [0.5, 0.6) is 0 Å². The van der Waals surface area contributed by atoms with E-state index in [-0.39, 0.29) is 0 Å². The first-order valence-electron chi connectivity index (χ1n) is 8.36. The molecule has 0 unspecified atom stereocenters. The van der Waals surface area contributed by atoms with E-state index in [1.807, 2.05) is 47.2 Å². The minimum absolute atomic E-state index is 0.656. The predicted molar refractivity (Wildman–Crippen MR) is 108 cm³/mol. The standard InChI is InChI=1S/C18H16ClN5OS2/c1-12-6-7-13(10-14(12)19)24-11-20-22-18(24)27-9-3-5-16-21-17(23-25-16)15-4-2-8-26-15/h2,4,6-8,10-11H,3,5,9H2,1H3.